The van der Waals surface area contributed by atoms with Crippen molar-refractivity contribution in [1.29, 1.82) is 0 Å². The predicted molar refractivity (Wildman–Crippen MR) is 128 cm³/mol. The average molecular weight is 465 g/mol. The van der Waals surface area contributed by atoms with Crippen molar-refractivity contribution in [1.82, 2.24) is 5.32 Å². The fourth-order valence-electron chi connectivity index (χ4n) is 2.97. The van der Waals surface area contributed by atoms with E-state index < -0.39 is 10.0 Å². The lowest BCUT2D eigenvalue weighted by Gasteiger charge is -2.11. The lowest BCUT2D eigenvalue weighted by Crippen LogP contribution is -2.17. The summed E-state index contributed by atoms with van der Waals surface area (Å²) >= 11 is 5.94. The van der Waals surface area contributed by atoms with Crippen LogP contribution in [0.5, 0.6) is 0 Å². The number of rotatable bonds is 9. The van der Waals surface area contributed by atoms with Gasteiger partial charge in [0.1, 0.15) is 0 Å². The second-order valence-corrected chi connectivity index (χ2v) is 8.96. The van der Waals surface area contributed by atoms with Crippen molar-refractivity contribution >= 4 is 39.7 Å². The largest absolute Gasteiger partial charge is 0.316 e. The summed E-state index contributed by atoms with van der Waals surface area (Å²) in [5, 5.41) is 4.00. The minimum atomic E-state index is -3.68. The Morgan fingerprint density at radius 1 is 0.867 bits per heavy atom. The molecule has 3 rings (SSSR count). The fourth-order valence-corrected chi connectivity index (χ4v) is 4.20. The lowest BCUT2D eigenvalue weighted by molar-refractivity contribution is 0.601. The van der Waals surface area contributed by atoms with Gasteiger partial charge in [0.25, 0.3) is 10.0 Å². The number of hydrogen-bond donors (Lipinski definition) is 2. The van der Waals surface area contributed by atoms with Gasteiger partial charge in [-0.2, -0.15) is 0 Å². The zero-order valence-electron chi connectivity index (χ0n) is 16.8. The third-order valence-corrected chi connectivity index (χ3v) is 6.18. The molecule has 0 fully saturated rings. The summed E-state index contributed by atoms with van der Waals surface area (Å²) in [5.41, 5.74) is 3.44. The van der Waals surface area contributed by atoms with Crippen molar-refractivity contribution in [3.05, 3.63) is 83.4 Å². The first-order valence-electron chi connectivity index (χ1n) is 9.66. The van der Waals surface area contributed by atoms with Gasteiger partial charge in [-0.05, 0) is 79.0 Å². The van der Waals surface area contributed by atoms with E-state index in [1.54, 1.807) is 42.5 Å². The number of anilines is 1. The normalized spacial score (nSPS) is 11.0. The van der Waals surface area contributed by atoms with Gasteiger partial charge in [-0.15, -0.1) is 12.4 Å². The number of nitrogens with one attached hydrogen (secondary N) is 2. The molecule has 0 unspecified atom stereocenters. The molecule has 160 valence electrons. The highest BCUT2D eigenvalue weighted by Crippen LogP contribution is 2.25. The maximum atomic E-state index is 12.8. The van der Waals surface area contributed by atoms with Gasteiger partial charge in [-0.1, -0.05) is 54.9 Å². The second-order valence-electron chi connectivity index (χ2n) is 6.84. The molecule has 0 radical (unpaired) electrons. The van der Waals surface area contributed by atoms with Crippen molar-refractivity contribution < 1.29 is 8.42 Å². The van der Waals surface area contributed by atoms with Gasteiger partial charge in [0.15, 0.2) is 0 Å². The van der Waals surface area contributed by atoms with Crippen LogP contribution in [0.2, 0.25) is 5.02 Å². The SMILES string of the molecule is CCCNCCc1ccc(NS(=O)(=O)c2cccc(-c3ccc(Cl)cc3)c2)cc1.Cl. The quantitative estimate of drug-likeness (QED) is 0.395. The van der Waals surface area contributed by atoms with Crippen LogP contribution in [-0.2, 0) is 16.4 Å². The molecular weight excluding hydrogens is 439 g/mol. The van der Waals surface area contributed by atoms with E-state index >= 15 is 0 Å². The topological polar surface area (TPSA) is 58.2 Å². The number of benzene rings is 3. The molecule has 0 saturated carbocycles. The van der Waals surface area contributed by atoms with E-state index in [1.165, 1.54) is 5.56 Å². The maximum Gasteiger partial charge on any atom is 0.261 e. The van der Waals surface area contributed by atoms with Gasteiger partial charge in [0.2, 0.25) is 0 Å². The van der Waals surface area contributed by atoms with Crippen molar-refractivity contribution in [2.45, 2.75) is 24.7 Å². The summed E-state index contributed by atoms with van der Waals surface area (Å²) in [6.07, 6.45) is 2.02. The molecule has 30 heavy (non-hydrogen) atoms. The van der Waals surface area contributed by atoms with Crippen molar-refractivity contribution in [3.63, 3.8) is 0 Å². The minimum absolute atomic E-state index is 0. The maximum absolute atomic E-state index is 12.8. The molecule has 0 spiro atoms. The van der Waals surface area contributed by atoms with Crippen LogP contribution >= 0.6 is 24.0 Å². The smallest absolute Gasteiger partial charge is 0.261 e. The Hall–Kier alpha value is -2.05. The van der Waals surface area contributed by atoms with Crippen LogP contribution in [0, 0.1) is 0 Å². The molecule has 0 heterocycles. The highest BCUT2D eigenvalue weighted by Gasteiger charge is 2.15. The van der Waals surface area contributed by atoms with Crippen LogP contribution in [0.15, 0.2) is 77.7 Å². The van der Waals surface area contributed by atoms with Crippen molar-refractivity contribution in [2.24, 2.45) is 0 Å². The van der Waals surface area contributed by atoms with Crippen LogP contribution in [0.3, 0.4) is 0 Å². The molecular formula is C23H26Cl2N2O2S. The van der Waals surface area contributed by atoms with Crippen molar-refractivity contribution in [2.75, 3.05) is 17.8 Å². The molecule has 0 saturated heterocycles. The van der Waals surface area contributed by atoms with E-state index in [1.807, 2.05) is 30.3 Å². The highest BCUT2D eigenvalue weighted by atomic mass is 35.5. The third kappa shape index (κ3) is 6.74. The number of halogens is 2. The summed E-state index contributed by atoms with van der Waals surface area (Å²) in [7, 11) is -3.68. The molecule has 3 aromatic carbocycles. The number of hydrogen-bond acceptors (Lipinski definition) is 3. The predicted octanol–water partition coefficient (Wildman–Crippen LogP) is 5.77. The van der Waals surface area contributed by atoms with E-state index in [9.17, 15) is 8.42 Å². The van der Waals surface area contributed by atoms with Crippen LogP contribution in [0.1, 0.15) is 18.9 Å². The fraction of sp³-hybridized carbons (Fsp3) is 0.217. The molecule has 7 heteroatoms. The Kier molecular flexibility index (Phi) is 9.18. The van der Waals surface area contributed by atoms with Crippen LogP contribution in [-0.4, -0.2) is 21.5 Å². The highest BCUT2D eigenvalue weighted by molar-refractivity contribution is 7.92. The summed E-state index contributed by atoms with van der Waals surface area (Å²) in [6.45, 7) is 4.06. The lowest BCUT2D eigenvalue weighted by atomic mass is 10.1. The van der Waals surface area contributed by atoms with E-state index in [0.29, 0.717) is 10.7 Å². The standard InChI is InChI=1S/C23H25ClN2O2S.ClH/c1-2-15-25-16-14-18-6-12-22(13-7-18)26-29(27,28)23-5-3-4-20(17-23)19-8-10-21(24)11-9-19;/h3-13,17,25-26H,2,14-16H2,1H3;1H. The van der Waals surface area contributed by atoms with Gasteiger partial charge >= 0.3 is 0 Å². The third-order valence-electron chi connectivity index (χ3n) is 4.55. The van der Waals surface area contributed by atoms with Crippen LogP contribution in [0.25, 0.3) is 11.1 Å². The molecule has 0 aliphatic carbocycles. The van der Waals surface area contributed by atoms with Gasteiger partial charge in [0, 0.05) is 10.7 Å². The molecule has 0 bridgehead atoms. The van der Waals surface area contributed by atoms with E-state index in [4.69, 9.17) is 11.6 Å². The van der Waals surface area contributed by atoms with Crippen molar-refractivity contribution in [3.8, 4) is 11.1 Å². The first-order valence-corrected chi connectivity index (χ1v) is 11.5. The summed E-state index contributed by atoms with van der Waals surface area (Å²) in [4.78, 5) is 0.220. The number of sulfonamides is 1. The van der Waals surface area contributed by atoms with E-state index in [2.05, 4.69) is 17.0 Å². The summed E-state index contributed by atoms with van der Waals surface area (Å²) in [5.74, 6) is 0. The Morgan fingerprint density at radius 2 is 1.57 bits per heavy atom. The molecule has 0 aliphatic rings. The van der Waals surface area contributed by atoms with Gasteiger partial charge in [-0.25, -0.2) is 8.42 Å². The Bertz CT molecular complexity index is 1040. The Labute approximate surface area is 190 Å². The minimum Gasteiger partial charge on any atom is -0.316 e. The average Bonchev–Trinajstić information content (AvgIpc) is 2.73. The summed E-state index contributed by atoms with van der Waals surface area (Å²) < 4.78 is 28.3. The zero-order valence-corrected chi connectivity index (χ0v) is 19.2. The molecule has 3 aromatic rings. The second kappa shape index (κ2) is 11.4. The van der Waals surface area contributed by atoms with Gasteiger partial charge < -0.3 is 5.32 Å². The van der Waals surface area contributed by atoms with Crippen LogP contribution in [0.4, 0.5) is 5.69 Å². The molecule has 4 nitrogen and oxygen atoms in total. The first-order chi connectivity index (χ1) is 14.0. The Morgan fingerprint density at radius 3 is 2.23 bits per heavy atom. The molecule has 0 atom stereocenters. The Balaban J connectivity index is 0.00000320. The van der Waals surface area contributed by atoms with Gasteiger partial charge in [-0.3, -0.25) is 4.72 Å². The first kappa shape index (κ1) is 24.2. The summed E-state index contributed by atoms with van der Waals surface area (Å²) in [6, 6.07) is 21.7. The van der Waals surface area contributed by atoms with E-state index in [-0.39, 0.29) is 17.3 Å². The van der Waals surface area contributed by atoms with Crippen LogP contribution < -0.4 is 10.0 Å². The molecule has 0 aliphatic heterocycles. The molecule has 2 N–H and O–H groups in total. The van der Waals surface area contributed by atoms with E-state index in [0.717, 1.165) is 37.1 Å². The molecule has 0 aromatic heterocycles. The zero-order chi connectivity index (χ0) is 20.7. The monoisotopic (exact) mass is 464 g/mol. The van der Waals surface area contributed by atoms with Gasteiger partial charge in [0.05, 0.1) is 4.90 Å². The molecule has 0 amide bonds.